The van der Waals surface area contributed by atoms with Crippen LogP contribution in [0.4, 0.5) is 4.79 Å². The van der Waals surface area contributed by atoms with E-state index in [0.717, 1.165) is 6.42 Å². The van der Waals surface area contributed by atoms with Crippen LogP contribution in [0, 0.1) is 5.92 Å². The lowest BCUT2D eigenvalue weighted by molar-refractivity contribution is 0.0430. The molecule has 4 heteroatoms. The van der Waals surface area contributed by atoms with Crippen LogP contribution >= 0.6 is 0 Å². The van der Waals surface area contributed by atoms with Gasteiger partial charge in [0, 0.05) is 12.5 Å². The van der Waals surface area contributed by atoms with E-state index >= 15 is 0 Å². The molecule has 0 amide bonds. The predicted octanol–water partition coefficient (Wildman–Crippen LogP) is 1.56. The highest BCUT2D eigenvalue weighted by atomic mass is 16.7. The molecule has 1 saturated heterocycles. The van der Waals surface area contributed by atoms with Crippen molar-refractivity contribution in [2.75, 3.05) is 0 Å². The van der Waals surface area contributed by atoms with Gasteiger partial charge in [0.25, 0.3) is 0 Å². The summed E-state index contributed by atoms with van der Waals surface area (Å²) in [4.78, 5) is 10.3. The van der Waals surface area contributed by atoms with Crippen molar-refractivity contribution in [2.45, 2.75) is 44.4 Å². The minimum atomic E-state index is -1.17. The maximum atomic E-state index is 10.3. The summed E-state index contributed by atoms with van der Waals surface area (Å²) in [6, 6.07) is 0.498. The van der Waals surface area contributed by atoms with Gasteiger partial charge in [0.15, 0.2) is 6.23 Å². The number of nitrogens with one attached hydrogen (secondary N) is 1. The van der Waals surface area contributed by atoms with E-state index in [1.807, 2.05) is 0 Å². The van der Waals surface area contributed by atoms with Crippen LogP contribution in [0.3, 0.4) is 0 Å². The number of rotatable bonds is 1. The van der Waals surface area contributed by atoms with Gasteiger partial charge in [0.2, 0.25) is 0 Å². The van der Waals surface area contributed by atoms with Crippen molar-refractivity contribution in [1.82, 2.24) is 5.32 Å². The first-order chi connectivity index (χ1) is 6.25. The molecular formula is C9H15NO3. The first kappa shape index (κ1) is 8.81. The fraction of sp³-hybridized carbons (Fsp3) is 0.889. The standard InChI is InChI=1S/C9H15NO3/c11-9(12)13-8-5-6-3-1-2-4-7(6)10-8/h6-8,10H,1-5H2,(H,11,12)/t6-,7+,8?/m0/s1. The normalized spacial score (nSPS) is 38.3. The average molecular weight is 185 g/mol. The molecular weight excluding hydrogens is 170 g/mol. The Balaban J connectivity index is 1.87. The van der Waals surface area contributed by atoms with E-state index in [2.05, 4.69) is 5.32 Å². The summed E-state index contributed by atoms with van der Waals surface area (Å²) in [6.45, 7) is 0. The minimum Gasteiger partial charge on any atom is -0.450 e. The Morgan fingerprint density at radius 1 is 1.38 bits per heavy atom. The van der Waals surface area contributed by atoms with Crippen LogP contribution in [-0.2, 0) is 4.74 Å². The molecule has 0 aromatic heterocycles. The lowest BCUT2D eigenvalue weighted by Crippen LogP contribution is -2.35. The molecule has 0 spiro atoms. The van der Waals surface area contributed by atoms with E-state index < -0.39 is 6.16 Å². The second-order valence-electron chi connectivity index (χ2n) is 3.93. The van der Waals surface area contributed by atoms with Crippen molar-refractivity contribution in [3.05, 3.63) is 0 Å². The Morgan fingerprint density at radius 3 is 2.85 bits per heavy atom. The van der Waals surface area contributed by atoms with Gasteiger partial charge in [-0.15, -0.1) is 0 Å². The van der Waals surface area contributed by atoms with Crippen LogP contribution in [0.15, 0.2) is 0 Å². The van der Waals surface area contributed by atoms with Gasteiger partial charge < -0.3 is 9.84 Å². The molecule has 4 nitrogen and oxygen atoms in total. The van der Waals surface area contributed by atoms with Crippen molar-refractivity contribution in [3.63, 3.8) is 0 Å². The van der Waals surface area contributed by atoms with E-state index in [-0.39, 0.29) is 6.23 Å². The first-order valence-electron chi connectivity index (χ1n) is 4.91. The zero-order valence-electron chi connectivity index (χ0n) is 7.53. The minimum absolute atomic E-state index is 0.259. The largest absolute Gasteiger partial charge is 0.507 e. The quantitative estimate of drug-likeness (QED) is 0.609. The topological polar surface area (TPSA) is 58.6 Å². The van der Waals surface area contributed by atoms with Crippen molar-refractivity contribution in [3.8, 4) is 0 Å². The molecule has 74 valence electrons. The number of hydrogen-bond acceptors (Lipinski definition) is 3. The lowest BCUT2D eigenvalue weighted by Gasteiger charge is -2.23. The van der Waals surface area contributed by atoms with E-state index in [1.165, 1.54) is 25.7 Å². The van der Waals surface area contributed by atoms with Gasteiger partial charge in [-0.1, -0.05) is 12.8 Å². The number of carbonyl (C=O) groups is 1. The van der Waals surface area contributed by atoms with Gasteiger partial charge in [-0.3, -0.25) is 5.32 Å². The average Bonchev–Trinajstić information content (AvgIpc) is 2.44. The highest BCUT2D eigenvalue weighted by Gasteiger charge is 2.36. The van der Waals surface area contributed by atoms with Crippen LogP contribution in [0.2, 0.25) is 0 Å². The summed E-state index contributed by atoms with van der Waals surface area (Å²) in [5.74, 6) is 0.637. The molecule has 1 aliphatic heterocycles. The molecule has 1 heterocycles. The van der Waals surface area contributed by atoms with E-state index in [0.29, 0.717) is 12.0 Å². The van der Waals surface area contributed by atoms with Gasteiger partial charge in [-0.05, 0) is 18.8 Å². The molecule has 1 unspecified atom stereocenters. The van der Waals surface area contributed by atoms with E-state index in [4.69, 9.17) is 9.84 Å². The summed E-state index contributed by atoms with van der Waals surface area (Å²) < 4.78 is 4.71. The molecule has 1 saturated carbocycles. The predicted molar refractivity (Wildman–Crippen MR) is 46.4 cm³/mol. The number of ether oxygens (including phenoxy) is 1. The zero-order chi connectivity index (χ0) is 9.26. The molecule has 2 fully saturated rings. The summed E-state index contributed by atoms with van der Waals surface area (Å²) in [7, 11) is 0. The zero-order valence-corrected chi connectivity index (χ0v) is 7.53. The van der Waals surface area contributed by atoms with Crippen molar-refractivity contribution < 1.29 is 14.6 Å². The Bertz CT molecular complexity index is 193. The van der Waals surface area contributed by atoms with Crippen LogP contribution in [0.5, 0.6) is 0 Å². The molecule has 2 aliphatic rings. The smallest absolute Gasteiger partial charge is 0.450 e. The maximum absolute atomic E-state index is 10.3. The second-order valence-corrected chi connectivity index (χ2v) is 3.93. The summed E-state index contributed by atoms with van der Waals surface area (Å²) in [5.41, 5.74) is 0. The molecule has 0 aromatic carbocycles. The van der Waals surface area contributed by atoms with Gasteiger partial charge in [0.05, 0.1) is 0 Å². The van der Waals surface area contributed by atoms with Gasteiger partial charge in [-0.25, -0.2) is 4.79 Å². The first-order valence-corrected chi connectivity index (χ1v) is 4.91. The highest BCUT2D eigenvalue weighted by molar-refractivity contribution is 5.57. The number of hydrogen-bond donors (Lipinski definition) is 2. The summed E-state index contributed by atoms with van der Waals surface area (Å²) >= 11 is 0. The second kappa shape index (κ2) is 3.54. The Kier molecular flexibility index (Phi) is 2.40. The van der Waals surface area contributed by atoms with Crippen LogP contribution in [-0.4, -0.2) is 23.5 Å². The number of fused-ring (bicyclic) bond motifs is 1. The third-order valence-corrected chi connectivity index (χ3v) is 3.07. The van der Waals surface area contributed by atoms with E-state index in [9.17, 15) is 4.79 Å². The van der Waals surface area contributed by atoms with Crippen LogP contribution < -0.4 is 5.32 Å². The molecule has 2 rings (SSSR count). The number of carboxylic acid groups (broad SMARTS) is 1. The van der Waals surface area contributed by atoms with Gasteiger partial charge >= 0.3 is 6.16 Å². The molecule has 2 N–H and O–H groups in total. The molecule has 0 radical (unpaired) electrons. The maximum Gasteiger partial charge on any atom is 0.507 e. The molecule has 0 aromatic rings. The third-order valence-electron chi connectivity index (χ3n) is 3.07. The van der Waals surface area contributed by atoms with Crippen molar-refractivity contribution in [1.29, 1.82) is 0 Å². The van der Waals surface area contributed by atoms with Crippen LogP contribution in [0.1, 0.15) is 32.1 Å². The molecule has 1 aliphatic carbocycles. The third kappa shape index (κ3) is 1.94. The summed E-state index contributed by atoms with van der Waals surface area (Å²) in [5, 5.41) is 11.7. The molecule has 13 heavy (non-hydrogen) atoms. The highest BCUT2D eigenvalue weighted by Crippen LogP contribution is 2.33. The fourth-order valence-corrected chi connectivity index (χ4v) is 2.49. The SMILES string of the molecule is O=C(O)OC1C[C@@H]2CCCC[C@H]2N1. The van der Waals surface area contributed by atoms with E-state index in [1.54, 1.807) is 0 Å². The van der Waals surface area contributed by atoms with Crippen molar-refractivity contribution >= 4 is 6.16 Å². The lowest BCUT2D eigenvalue weighted by atomic mass is 9.85. The Morgan fingerprint density at radius 2 is 2.15 bits per heavy atom. The van der Waals surface area contributed by atoms with Crippen molar-refractivity contribution in [2.24, 2.45) is 5.92 Å². The van der Waals surface area contributed by atoms with Crippen LogP contribution in [0.25, 0.3) is 0 Å². The summed E-state index contributed by atoms with van der Waals surface area (Å²) in [6.07, 6.45) is 4.36. The fourth-order valence-electron chi connectivity index (χ4n) is 2.49. The molecule has 0 bridgehead atoms. The Hall–Kier alpha value is -0.770. The Labute approximate surface area is 77.3 Å². The molecule has 3 atom stereocenters. The van der Waals surface area contributed by atoms with Gasteiger partial charge in [-0.2, -0.15) is 0 Å². The monoisotopic (exact) mass is 185 g/mol. The van der Waals surface area contributed by atoms with Gasteiger partial charge in [0.1, 0.15) is 0 Å².